The Bertz CT molecular complexity index is 366. The van der Waals surface area contributed by atoms with E-state index >= 15 is 0 Å². The van der Waals surface area contributed by atoms with Gasteiger partial charge in [-0.25, -0.2) is 4.79 Å². The molecule has 5 heteroatoms. The monoisotopic (exact) mass is 266 g/mol. The Hall–Kier alpha value is -1.52. The molecule has 0 saturated heterocycles. The second-order valence-electron chi connectivity index (χ2n) is 5.46. The van der Waals surface area contributed by atoms with Crippen LogP contribution in [0, 0.1) is 5.92 Å². The molecule has 0 spiro atoms. The molecule has 0 aromatic heterocycles. The normalized spacial score (nSPS) is 26.5. The van der Waals surface area contributed by atoms with Crippen molar-refractivity contribution in [3.8, 4) is 0 Å². The molecule has 0 heterocycles. The number of hydrogen-bond donors (Lipinski definition) is 2. The number of carboxylic acids is 1. The first-order valence-electron chi connectivity index (χ1n) is 7.04. The highest BCUT2D eigenvalue weighted by atomic mass is 16.4. The summed E-state index contributed by atoms with van der Waals surface area (Å²) in [4.78, 5) is 25.2. The van der Waals surface area contributed by atoms with E-state index in [2.05, 4.69) is 11.9 Å². The van der Waals surface area contributed by atoms with Crippen LogP contribution in [0.15, 0.2) is 12.7 Å². The predicted octanol–water partition coefficient (Wildman–Crippen LogP) is 1.99. The SMILES string of the molecule is C=CCN(C(=O)NC1CCCCC1C(=O)O)C1CC1. The van der Waals surface area contributed by atoms with E-state index < -0.39 is 11.9 Å². The van der Waals surface area contributed by atoms with Gasteiger partial charge in [-0.3, -0.25) is 4.79 Å². The molecule has 2 atom stereocenters. The average Bonchev–Trinajstić information content (AvgIpc) is 3.20. The number of carbonyl (C=O) groups excluding carboxylic acids is 1. The van der Waals surface area contributed by atoms with Gasteiger partial charge in [0.05, 0.1) is 5.92 Å². The summed E-state index contributed by atoms with van der Waals surface area (Å²) in [5.41, 5.74) is 0. The molecular formula is C14H22N2O3. The molecule has 106 valence electrons. The van der Waals surface area contributed by atoms with Crippen molar-refractivity contribution in [2.75, 3.05) is 6.54 Å². The van der Waals surface area contributed by atoms with E-state index in [0.717, 1.165) is 32.1 Å². The van der Waals surface area contributed by atoms with Crippen LogP contribution in [0.2, 0.25) is 0 Å². The van der Waals surface area contributed by atoms with Gasteiger partial charge in [0.25, 0.3) is 0 Å². The van der Waals surface area contributed by atoms with Crippen molar-refractivity contribution in [3.63, 3.8) is 0 Å². The van der Waals surface area contributed by atoms with Crippen molar-refractivity contribution in [2.45, 2.75) is 50.6 Å². The molecule has 2 unspecified atom stereocenters. The van der Waals surface area contributed by atoms with Crippen LogP contribution in [-0.2, 0) is 4.79 Å². The van der Waals surface area contributed by atoms with Crippen molar-refractivity contribution in [3.05, 3.63) is 12.7 Å². The molecule has 2 amide bonds. The number of amides is 2. The largest absolute Gasteiger partial charge is 0.481 e. The maximum atomic E-state index is 12.2. The minimum atomic E-state index is -0.799. The van der Waals surface area contributed by atoms with Crippen molar-refractivity contribution in [1.29, 1.82) is 0 Å². The molecule has 2 aliphatic carbocycles. The fourth-order valence-electron chi connectivity index (χ4n) is 2.76. The zero-order valence-corrected chi connectivity index (χ0v) is 11.2. The maximum absolute atomic E-state index is 12.2. The molecule has 5 nitrogen and oxygen atoms in total. The summed E-state index contributed by atoms with van der Waals surface area (Å²) < 4.78 is 0. The second kappa shape index (κ2) is 6.08. The van der Waals surface area contributed by atoms with Gasteiger partial charge in [0.15, 0.2) is 0 Å². The summed E-state index contributed by atoms with van der Waals surface area (Å²) in [5.74, 6) is -1.24. The first kappa shape index (κ1) is 13.9. The molecule has 2 rings (SSSR count). The molecule has 19 heavy (non-hydrogen) atoms. The fourth-order valence-corrected chi connectivity index (χ4v) is 2.76. The number of hydrogen-bond acceptors (Lipinski definition) is 2. The van der Waals surface area contributed by atoms with Crippen LogP contribution in [0.1, 0.15) is 38.5 Å². The van der Waals surface area contributed by atoms with Crippen molar-refractivity contribution >= 4 is 12.0 Å². The van der Waals surface area contributed by atoms with Gasteiger partial charge < -0.3 is 15.3 Å². The summed E-state index contributed by atoms with van der Waals surface area (Å²) in [5, 5.41) is 12.1. The van der Waals surface area contributed by atoms with Crippen LogP contribution < -0.4 is 5.32 Å². The van der Waals surface area contributed by atoms with Crippen LogP contribution in [0.25, 0.3) is 0 Å². The molecule has 0 radical (unpaired) electrons. The van der Waals surface area contributed by atoms with E-state index in [1.54, 1.807) is 11.0 Å². The van der Waals surface area contributed by atoms with Gasteiger partial charge in [0.2, 0.25) is 0 Å². The highest BCUT2D eigenvalue weighted by molar-refractivity contribution is 5.77. The van der Waals surface area contributed by atoms with Crippen molar-refractivity contribution in [2.24, 2.45) is 5.92 Å². The van der Waals surface area contributed by atoms with E-state index in [1.165, 1.54) is 0 Å². The Morgan fingerprint density at radius 2 is 1.95 bits per heavy atom. The minimum Gasteiger partial charge on any atom is -0.481 e. The average molecular weight is 266 g/mol. The number of urea groups is 1. The van der Waals surface area contributed by atoms with E-state index in [1.807, 2.05) is 0 Å². The Balaban J connectivity index is 1.95. The number of rotatable bonds is 5. The van der Waals surface area contributed by atoms with Crippen molar-refractivity contribution < 1.29 is 14.7 Å². The Morgan fingerprint density at radius 1 is 1.26 bits per heavy atom. The van der Waals surface area contributed by atoms with Gasteiger partial charge in [0.1, 0.15) is 0 Å². The number of nitrogens with zero attached hydrogens (tertiary/aromatic N) is 1. The molecule has 2 fully saturated rings. The lowest BCUT2D eigenvalue weighted by Gasteiger charge is -2.31. The first-order valence-corrected chi connectivity index (χ1v) is 7.04. The van der Waals surface area contributed by atoms with Gasteiger partial charge in [-0.05, 0) is 25.7 Å². The Labute approximate surface area is 113 Å². The van der Waals surface area contributed by atoms with Crippen LogP contribution in [0.4, 0.5) is 4.79 Å². The molecule has 2 N–H and O–H groups in total. The number of carbonyl (C=O) groups is 2. The molecule has 2 aliphatic rings. The lowest BCUT2D eigenvalue weighted by molar-refractivity contribution is -0.143. The van der Waals surface area contributed by atoms with E-state index in [9.17, 15) is 14.7 Å². The lowest BCUT2D eigenvalue weighted by atomic mass is 9.84. The Morgan fingerprint density at radius 3 is 2.53 bits per heavy atom. The summed E-state index contributed by atoms with van der Waals surface area (Å²) in [7, 11) is 0. The number of nitrogens with one attached hydrogen (secondary N) is 1. The summed E-state index contributed by atoms with van der Waals surface area (Å²) in [6.07, 6.45) is 7.12. The zero-order chi connectivity index (χ0) is 13.8. The topological polar surface area (TPSA) is 69.6 Å². The fraction of sp³-hybridized carbons (Fsp3) is 0.714. The predicted molar refractivity (Wildman–Crippen MR) is 71.8 cm³/mol. The molecule has 2 saturated carbocycles. The van der Waals surface area contributed by atoms with E-state index in [4.69, 9.17) is 0 Å². The Kier molecular flexibility index (Phi) is 4.45. The minimum absolute atomic E-state index is 0.138. The zero-order valence-electron chi connectivity index (χ0n) is 11.2. The van der Waals surface area contributed by atoms with Gasteiger partial charge in [-0.1, -0.05) is 18.9 Å². The van der Waals surface area contributed by atoms with Gasteiger partial charge in [-0.2, -0.15) is 0 Å². The van der Waals surface area contributed by atoms with Crippen LogP contribution in [-0.4, -0.2) is 40.6 Å². The van der Waals surface area contributed by atoms with Crippen LogP contribution in [0.5, 0.6) is 0 Å². The second-order valence-corrected chi connectivity index (χ2v) is 5.46. The van der Waals surface area contributed by atoms with Crippen LogP contribution in [0.3, 0.4) is 0 Å². The molecule has 0 aromatic carbocycles. The van der Waals surface area contributed by atoms with Gasteiger partial charge in [0, 0.05) is 18.6 Å². The number of carboxylic acid groups (broad SMARTS) is 1. The highest BCUT2D eigenvalue weighted by Crippen LogP contribution is 2.28. The maximum Gasteiger partial charge on any atom is 0.318 e. The van der Waals surface area contributed by atoms with Crippen molar-refractivity contribution in [1.82, 2.24) is 10.2 Å². The molecule has 0 aliphatic heterocycles. The van der Waals surface area contributed by atoms with E-state index in [-0.39, 0.29) is 12.1 Å². The molecular weight excluding hydrogens is 244 g/mol. The third-order valence-electron chi connectivity index (χ3n) is 3.97. The first-order chi connectivity index (χ1) is 9.13. The lowest BCUT2D eigenvalue weighted by Crippen LogP contribution is -2.50. The summed E-state index contributed by atoms with van der Waals surface area (Å²) in [6.45, 7) is 4.20. The van der Waals surface area contributed by atoms with E-state index in [0.29, 0.717) is 19.0 Å². The molecule has 0 bridgehead atoms. The van der Waals surface area contributed by atoms with Gasteiger partial charge in [-0.15, -0.1) is 6.58 Å². The third-order valence-corrected chi connectivity index (χ3v) is 3.97. The van der Waals surface area contributed by atoms with Crippen LogP contribution >= 0.6 is 0 Å². The van der Waals surface area contributed by atoms with Gasteiger partial charge >= 0.3 is 12.0 Å². The number of aliphatic carboxylic acids is 1. The smallest absolute Gasteiger partial charge is 0.318 e. The molecule has 0 aromatic rings. The third kappa shape index (κ3) is 3.49. The quantitative estimate of drug-likeness (QED) is 0.748. The summed E-state index contributed by atoms with van der Waals surface area (Å²) >= 11 is 0. The highest BCUT2D eigenvalue weighted by Gasteiger charge is 2.36. The standard InChI is InChI=1S/C14H22N2O3/c1-2-9-16(10-7-8-10)14(19)15-12-6-4-3-5-11(12)13(17)18/h2,10-12H,1,3-9H2,(H,15,19)(H,17,18). The summed E-state index contributed by atoms with van der Waals surface area (Å²) in [6, 6.07) is -0.0600.